The normalized spacial score (nSPS) is 13.1. The van der Waals surface area contributed by atoms with Gasteiger partial charge in [-0.25, -0.2) is 0 Å². The van der Waals surface area contributed by atoms with E-state index in [0.717, 1.165) is 11.5 Å². The zero-order valence-corrected chi connectivity index (χ0v) is 11.2. The molecule has 3 N–H and O–H groups in total. The number of rotatable bonds is 6. The average molecular weight is 238 g/mol. The van der Waals surface area contributed by atoms with Crippen LogP contribution in [0.1, 0.15) is 43.9 Å². The van der Waals surface area contributed by atoms with Crippen molar-refractivity contribution in [3.63, 3.8) is 0 Å². The summed E-state index contributed by atoms with van der Waals surface area (Å²) in [6.07, 6.45) is 0. The largest absolute Gasteiger partial charge is 0.271 e. The summed E-state index contributed by atoms with van der Waals surface area (Å²) in [5.74, 6) is 8.32. The molecule has 2 nitrogen and oxygen atoms in total. The fourth-order valence-corrected chi connectivity index (χ4v) is 2.35. The predicted molar refractivity (Wildman–Crippen MR) is 73.6 cm³/mol. The van der Waals surface area contributed by atoms with Crippen LogP contribution in [0.4, 0.5) is 0 Å². The lowest BCUT2D eigenvalue weighted by molar-refractivity contribution is 0.610. The van der Waals surface area contributed by atoms with Crippen LogP contribution in [-0.2, 0) is 0 Å². The second-order valence-corrected chi connectivity index (χ2v) is 5.52. The predicted octanol–water partition coefficient (Wildman–Crippen LogP) is 3.07. The van der Waals surface area contributed by atoms with Gasteiger partial charge >= 0.3 is 0 Å². The van der Waals surface area contributed by atoms with Gasteiger partial charge in [-0.3, -0.25) is 11.3 Å². The van der Waals surface area contributed by atoms with Gasteiger partial charge in [0.15, 0.2) is 0 Å². The molecule has 0 amide bonds. The van der Waals surface area contributed by atoms with Gasteiger partial charge in [-0.05, 0) is 22.8 Å². The highest BCUT2D eigenvalue weighted by Gasteiger charge is 2.09. The molecule has 0 aliphatic heterocycles. The van der Waals surface area contributed by atoms with Crippen molar-refractivity contribution >= 4 is 11.8 Å². The van der Waals surface area contributed by atoms with Crippen molar-refractivity contribution in [3.05, 3.63) is 35.4 Å². The lowest BCUT2D eigenvalue weighted by Crippen LogP contribution is -2.29. The van der Waals surface area contributed by atoms with Gasteiger partial charge in [-0.1, -0.05) is 45.0 Å². The molecule has 1 unspecified atom stereocenters. The first-order valence-electron chi connectivity index (χ1n) is 5.82. The maximum Gasteiger partial charge on any atom is 0.0550 e. The maximum absolute atomic E-state index is 5.58. The number of hydrazine groups is 1. The summed E-state index contributed by atoms with van der Waals surface area (Å²) >= 11 is 1.90. The molecule has 0 saturated carbocycles. The van der Waals surface area contributed by atoms with Gasteiger partial charge in [0, 0.05) is 5.75 Å². The lowest BCUT2D eigenvalue weighted by atomic mass is 10.00. The van der Waals surface area contributed by atoms with Crippen LogP contribution in [0.3, 0.4) is 0 Å². The summed E-state index contributed by atoms with van der Waals surface area (Å²) in [6, 6.07) is 9.00. The van der Waals surface area contributed by atoms with Crippen LogP contribution < -0.4 is 11.3 Å². The molecule has 0 radical (unpaired) electrons. The van der Waals surface area contributed by atoms with Crippen molar-refractivity contribution in [3.8, 4) is 0 Å². The summed E-state index contributed by atoms with van der Waals surface area (Å²) in [4.78, 5) is 0. The Morgan fingerprint density at radius 1 is 1.19 bits per heavy atom. The zero-order chi connectivity index (χ0) is 12.0. The van der Waals surface area contributed by atoms with Crippen molar-refractivity contribution in [2.24, 2.45) is 5.84 Å². The van der Waals surface area contributed by atoms with Crippen LogP contribution in [0, 0.1) is 0 Å². The molecule has 0 aliphatic rings. The second kappa shape index (κ2) is 6.94. The Balaban J connectivity index is 2.70. The Labute approximate surface area is 103 Å². The highest BCUT2D eigenvalue weighted by Crippen LogP contribution is 2.20. The van der Waals surface area contributed by atoms with Gasteiger partial charge in [0.25, 0.3) is 0 Å². The molecule has 1 rings (SSSR count). The van der Waals surface area contributed by atoms with Gasteiger partial charge in [-0.15, -0.1) is 0 Å². The quantitative estimate of drug-likeness (QED) is 0.591. The lowest BCUT2D eigenvalue weighted by Gasteiger charge is -2.16. The van der Waals surface area contributed by atoms with E-state index in [1.54, 1.807) is 0 Å². The number of benzene rings is 1. The van der Waals surface area contributed by atoms with Crippen molar-refractivity contribution < 1.29 is 0 Å². The van der Waals surface area contributed by atoms with Crippen LogP contribution in [-0.4, -0.2) is 11.5 Å². The summed E-state index contributed by atoms with van der Waals surface area (Å²) in [5, 5.41) is 0. The van der Waals surface area contributed by atoms with Crippen molar-refractivity contribution in [1.82, 2.24) is 5.43 Å². The number of hydrogen-bond donors (Lipinski definition) is 2. The van der Waals surface area contributed by atoms with E-state index in [2.05, 4.69) is 50.5 Å². The highest BCUT2D eigenvalue weighted by molar-refractivity contribution is 7.99. The molecule has 0 aliphatic carbocycles. The third-order valence-corrected chi connectivity index (χ3v) is 3.67. The minimum atomic E-state index is 0.256. The molecule has 1 aromatic carbocycles. The van der Waals surface area contributed by atoms with E-state index in [0.29, 0.717) is 5.92 Å². The highest BCUT2D eigenvalue weighted by atomic mass is 32.2. The van der Waals surface area contributed by atoms with Crippen LogP contribution in [0.2, 0.25) is 0 Å². The van der Waals surface area contributed by atoms with Gasteiger partial charge in [0.1, 0.15) is 0 Å². The Bertz CT molecular complexity index is 295. The summed E-state index contributed by atoms with van der Waals surface area (Å²) < 4.78 is 0. The smallest absolute Gasteiger partial charge is 0.0550 e. The number of hydrogen-bond acceptors (Lipinski definition) is 3. The Morgan fingerprint density at radius 3 is 2.19 bits per heavy atom. The number of nitrogens with two attached hydrogens (primary N) is 1. The summed E-state index contributed by atoms with van der Waals surface area (Å²) in [6.45, 7) is 6.58. The van der Waals surface area contributed by atoms with Crippen molar-refractivity contribution in [1.29, 1.82) is 0 Å². The van der Waals surface area contributed by atoms with Gasteiger partial charge in [0.05, 0.1) is 6.04 Å². The summed E-state index contributed by atoms with van der Waals surface area (Å²) in [5.41, 5.74) is 5.53. The van der Waals surface area contributed by atoms with Crippen LogP contribution in [0.25, 0.3) is 0 Å². The minimum Gasteiger partial charge on any atom is -0.271 e. The van der Waals surface area contributed by atoms with E-state index in [-0.39, 0.29) is 6.04 Å². The van der Waals surface area contributed by atoms with Gasteiger partial charge in [0.2, 0.25) is 0 Å². The molecule has 1 aromatic rings. The molecule has 16 heavy (non-hydrogen) atoms. The molecule has 1 atom stereocenters. The van der Waals surface area contributed by atoms with Crippen LogP contribution >= 0.6 is 11.8 Å². The molecular formula is C13H22N2S. The van der Waals surface area contributed by atoms with Crippen LogP contribution in [0.5, 0.6) is 0 Å². The molecule has 0 heterocycles. The Morgan fingerprint density at radius 2 is 1.75 bits per heavy atom. The van der Waals surface area contributed by atoms with Crippen molar-refractivity contribution in [2.45, 2.75) is 32.7 Å². The van der Waals surface area contributed by atoms with E-state index in [4.69, 9.17) is 5.84 Å². The van der Waals surface area contributed by atoms with E-state index in [1.807, 2.05) is 11.8 Å². The van der Waals surface area contributed by atoms with E-state index in [1.165, 1.54) is 11.1 Å². The van der Waals surface area contributed by atoms with E-state index < -0.39 is 0 Å². The second-order valence-electron chi connectivity index (χ2n) is 4.20. The molecular weight excluding hydrogens is 216 g/mol. The third-order valence-electron chi connectivity index (χ3n) is 2.70. The standard InChI is InChI=1S/C13H22N2S/c1-4-16-9-13(15-14)12-7-5-11(6-8-12)10(2)3/h5-8,10,13,15H,4,9,14H2,1-3H3. The first-order valence-corrected chi connectivity index (χ1v) is 6.98. The molecule has 0 saturated heterocycles. The number of thioether (sulfide) groups is 1. The van der Waals surface area contributed by atoms with Gasteiger partial charge in [-0.2, -0.15) is 11.8 Å². The number of nitrogens with one attached hydrogen (secondary N) is 1. The molecule has 0 spiro atoms. The first kappa shape index (κ1) is 13.6. The minimum absolute atomic E-state index is 0.256. The molecule has 0 bridgehead atoms. The SMILES string of the molecule is CCSCC(NN)c1ccc(C(C)C)cc1. The molecule has 0 fully saturated rings. The molecule has 0 aromatic heterocycles. The zero-order valence-electron chi connectivity index (χ0n) is 10.4. The molecule has 3 heteroatoms. The Hall–Kier alpha value is -0.510. The topological polar surface area (TPSA) is 38.0 Å². The average Bonchev–Trinajstić information content (AvgIpc) is 2.30. The molecule has 90 valence electrons. The summed E-state index contributed by atoms with van der Waals surface area (Å²) in [7, 11) is 0. The fraction of sp³-hybridized carbons (Fsp3) is 0.538. The van der Waals surface area contributed by atoms with E-state index in [9.17, 15) is 0 Å². The van der Waals surface area contributed by atoms with Crippen molar-refractivity contribution in [2.75, 3.05) is 11.5 Å². The van der Waals surface area contributed by atoms with Crippen LogP contribution in [0.15, 0.2) is 24.3 Å². The van der Waals surface area contributed by atoms with E-state index >= 15 is 0 Å². The van der Waals surface area contributed by atoms with Gasteiger partial charge < -0.3 is 0 Å². The Kier molecular flexibility index (Phi) is 5.88. The fourth-order valence-electron chi connectivity index (χ4n) is 1.59. The third kappa shape index (κ3) is 3.81. The monoisotopic (exact) mass is 238 g/mol. The maximum atomic E-state index is 5.58. The first-order chi connectivity index (χ1) is 7.69.